The molecule has 1 aliphatic carbocycles. The van der Waals surface area contributed by atoms with E-state index in [2.05, 4.69) is 24.1 Å². The summed E-state index contributed by atoms with van der Waals surface area (Å²) in [5.74, 6) is 0.171. The Morgan fingerprint density at radius 3 is 2.16 bits per heavy atom. The monoisotopic (exact) mass is 546 g/mol. The van der Waals surface area contributed by atoms with Crippen molar-refractivity contribution in [2.45, 2.75) is 102 Å². The van der Waals surface area contributed by atoms with E-state index < -0.39 is 0 Å². The van der Waals surface area contributed by atoms with E-state index in [0.717, 1.165) is 70.4 Å². The highest BCUT2D eigenvalue weighted by Crippen LogP contribution is 2.29. The zero-order valence-corrected chi connectivity index (χ0v) is 24.1. The number of ether oxygens (including phenoxy) is 1. The van der Waals surface area contributed by atoms with Crippen LogP contribution in [0.2, 0.25) is 5.02 Å². The van der Waals surface area contributed by atoms with Crippen molar-refractivity contribution in [1.29, 1.82) is 0 Å². The van der Waals surface area contributed by atoms with E-state index in [4.69, 9.17) is 16.3 Å². The molecule has 0 bridgehead atoms. The molecule has 3 amide bonds. The second-order valence-corrected chi connectivity index (χ2v) is 11.6. The van der Waals surface area contributed by atoms with Gasteiger partial charge in [-0.1, -0.05) is 43.0 Å². The molecule has 38 heavy (non-hydrogen) atoms. The summed E-state index contributed by atoms with van der Waals surface area (Å²) in [5.41, 5.74) is 1.11. The fourth-order valence-electron chi connectivity index (χ4n) is 6.43. The fourth-order valence-corrected chi connectivity index (χ4v) is 6.56. The molecular formula is C30H47ClN4O3. The topological polar surface area (TPSA) is 65.1 Å². The van der Waals surface area contributed by atoms with Gasteiger partial charge in [-0.2, -0.15) is 0 Å². The summed E-state index contributed by atoms with van der Waals surface area (Å²) in [6.07, 6.45) is 10.1. The molecular weight excluding hydrogens is 500 g/mol. The summed E-state index contributed by atoms with van der Waals surface area (Å²) in [6.45, 7) is 8.48. The van der Waals surface area contributed by atoms with Gasteiger partial charge < -0.3 is 24.8 Å². The number of benzene rings is 1. The largest absolute Gasteiger partial charge is 0.381 e. The molecule has 0 unspecified atom stereocenters. The maximum Gasteiger partial charge on any atom is 0.320 e. The predicted octanol–water partition coefficient (Wildman–Crippen LogP) is 5.11. The van der Waals surface area contributed by atoms with Crippen LogP contribution < -0.4 is 5.32 Å². The van der Waals surface area contributed by atoms with Crippen LogP contribution in [0.5, 0.6) is 0 Å². The van der Waals surface area contributed by atoms with Crippen molar-refractivity contribution in [3.63, 3.8) is 0 Å². The van der Waals surface area contributed by atoms with Gasteiger partial charge in [-0.15, -0.1) is 0 Å². The molecule has 0 spiro atoms. The van der Waals surface area contributed by atoms with Crippen LogP contribution in [-0.4, -0.2) is 90.2 Å². The first-order chi connectivity index (χ1) is 18.5. The lowest BCUT2D eigenvalue weighted by molar-refractivity contribution is -0.135. The Hall–Kier alpha value is -1.83. The lowest BCUT2D eigenvalue weighted by atomic mass is 9.91. The van der Waals surface area contributed by atoms with Gasteiger partial charge in [0.2, 0.25) is 5.91 Å². The minimum atomic E-state index is -0.275. The van der Waals surface area contributed by atoms with Gasteiger partial charge in [0.1, 0.15) is 0 Å². The number of carbonyl (C=O) groups excluding carboxylic acids is 2. The Balaban J connectivity index is 1.43. The molecule has 1 aromatic carbocycles. The summed E-state index contributed by atoms with van der Waals surface area (Å²) >= 11 is 6.11. The van der Waals surface area contributed by atoms with Gasteiger partial charge >= 0.3 is 6.03 Å². The first-order valence-corrected chi connectivity index (χ1v) is 15.3. The van der Waals surface area contributed by atoms with E-state index in [1.54, 1.807) is 0 Å². The molecule has 2 aliphatic heterocycles. The Kier molecular flexibility index (Phi) is 11.1. The number of likely N-dealkylation sites (tertiary alicyclic amines) is 1. The highest BCUT2D eigenvalue weighted by atomic mass is 35.5. The first-order valence-electron chi connectivity index (χ1n) is 14.9. The van der Waals surface area contributed by atoms with Gasteiger partial charge in [-0.05, 0) is 76.5 Å². The van der Waals surface area contributed by atoms with E-state index in [9.17, 15) is 9.59 Å². The van der Waals surface area contributed by atoms with Gasteiger partial charge in [0.25, 0.3) is 0 Å². The van der Waals surface area contributed by atoms with Gasteiger partial charge in [0.05, 0.1) is 6.04 Å². The van der Waals surface area contributed by atoms with E-state index in [-0.39, 0.29) is 30.1 Å². The Morgan fingerprint density at radius 2 is 1.55 bits per heavy atom. The van der Waals surface area contributed by atoms with Crippen molar-refractivity contribution in [2.75, 3.05) is 39.4 Å². The molecule has 0 radical (unpaired) electrons. The summed E-state index contributed by atoms with van der Waals surface area (Å²) in [7, 11) is 0. The number of nitrogens with one attached hydrogen (secondary N) is 1. The molecule has 3 aliphatic rings. The van der Waals surface area contributed by atoms with Crippen molar-refractivity contribution in [1.82, 2.24) is 20.0 Å². The number of hydrogen-bond donors (Lipinski definition) is 1. The molecule has 3 fully saturated rings. The lowest BCUT2D eigenvalue weighted by Crippen LogP contribution is -2.58. The third-order valence-electron chi connectivity index (χ3n) is 8.70. The van der Waals surface area contributed by atoms with Gasteiger partial charge in [0, 0.05) is 62.5 Å². The lowest BCUT2D eigenvalue weighted by Gasteiger charge is -2.45. The normalized spacial score (nSPS) is 20.8. The highest BCUT2D eigenvalue weighted by Gasteiger charge is 2.37. The number of piperidine rings is 1. The second kappa shape index (κ2) is 14.5. The molecule has 2 heterocycles. The third-order valence-corrected chi connectivity index (χ3v) is 8.95. The van der Waals surface area contributed by atoms with Gasteiger partial charge in [-0.3, -0.25) is 4.79 Å². The molecule has 1 atom stereocenters. The van der Waals surface area contributed by atoms with E-state index in [0.29, 0.717) is 30.6 Å². The molecule has 1 saturated carbocycles. The van der Waals surface area contributed by atoms with Crippen LogP contribution in [0.3, 0.4) is 0 Å². The average molecular weight is 547 g/mol. The molecule has 0 aromatic heterocycles. The van der Waals surface area contributed by atoms with E-state index in [1.165, 1.54) is 19.3 Å². The molecule has 212 valence electrons. The molecule has 1 N–H and O–H groups in total. The van der Waals surface area contributed by atoms with E-state index in [1.807, 2.05) is 34.1 Å². The van der Waals surface area contributed by atoms with Crippen LogP contribution in [0.15, 0.2) is 24.3 Å². The van der Waals surface area contributed by atoms with Crippen LogP contribution in [0.4, 0.5) is 4.79 Å². The van der Waals surface area contributed by atoms with Crippen molar-refractivity contribution in [3.05, 3.63) is 34.9 Å². The number of amides is 3. The summed E-state index contributed by atoms with van der Waals surface area (Å²) in [6, 6.07) is 8.55. The Morgan fingerprint density at radius 1 is 0.947 bits per heavy atom. The zero-order chi connectivity index (χ0) is 26.9. The van der Waals surface area contributed by atoms with Crippen LogP contribution in [-0.2, 0) is 16.0 Å². The molecule has 1 aromatic rings. The molecule has 2 saturated heterocycles. The van der Waals surface area contributed by atoms with Gasteiger partial charge in [-0.25, -0.2) is 4.79 Å². The minimum Gasteiger partial charge on any atom is -0.381 e. The first kappa shape index (κ1) is 29.2. The standard InChI is InChI=1S/C30H47ClN4O3/c1-3-33(4-2)30(37)35(26-8-6-5-7-9-26)27-14-18-34(19-15-27)29(36)28(32-25-16-20-38-21-17-25)22-23-10-12-24(31)13-11-23/h10-13,25-28,32H,3-9,14-22H2,1-2H3/t28-/m1/s1. The number of nitrogens with zero attached hydrogens (tertiary/aromatic N) is 3. The number of hydrogen-bond acceptors (Lipinski definition) is 4. The van der Waals surface area contributed by atoms with Crippen LogP contribution >= 0.6 is 11.6 Å². The summed E-state index contributed by atoms with van der Waals surface area (Å²) in [5, 5.41) is 4.38. The molecule has 4 rings (SSSR count). The smallest absolute Gasteiger partial charge is 0.320 e. The van der Waals surface area contributed by atoms with Crippen molar-refractivity contribution < 1.29 is 14.3 Å². The van der Waals surface area contributed by atoms with Crippen molar-refractivity contribution >= 4 is 23.5 Å². The SMILES string of the molecule is CCN(CC)C(=O)N(C1CCCCC1)C1CCN(C(=O)[C@@H](Cc2ccc(Cl)cc2)NC2CCOCC2)CC1. The summed E-state index contributed by atoms with van der Waals surface area (Å²) in [4.78, 5) is 33.7. The number of carbonyl (C=O) groups is 2. The Labute approximate surface area is 234 Å². The van der Waals surface area contributed by atoms with Crippen molar-refractivity contribution in [3.8, 4) is 0 Å². The number of urea groups is 1. The Bertz CT molecular complexity index is 874. The quantitative estimate of drug-likeness (QED) is 0.467. The molecule has 7 nitrogen and oxygen atoms in total. The third kappa shape index (κ3) is 7.64. The highest BCUT2D eigenvalue weighted by molar-refractivity contribution is 6.30. The van der Waals surface area contributed by atoms with Crippen LogP contribution in [0.1, 0.15) is 77.2 Å². The van der Waals surface area contributed by atoms with Crippen molar-refractivity contribution in [2.24, 2.45) is 0 Å². The maximum absolute atomic E-state index is 13.9. The van der Waals surface area contributed by atoms with E-state index >= 15 is 0 Å². The molecule has 8 heteroatoms. The average Bonchev–Trinajstić information content (AvgIpc) is 2.96. The maximum atomic E-state index is 13.9. The van der Waals surface area contributed by atoms with Gasteiger partial charge in [0.15, 0.2) is 0 Å². The fraction of sp³-hybridized carbons (Fsp3) is 0.733. The number of halogens is 1. The minimum absolute atomic E-state index is 0.171. The predicted molar refractivity (Wildman–Crippen MR) is 153 cm³/mol. The second-order valence-electron chi connectivity index (χ2n) is 11.1. The van der Waals surface area contributed by atoms with Crippen LogP contribution in [0.25, 0.3) is 0 Å². The zero-order valence-electron chi connectivity index (χ0n) is 23.4. The summed E-state index contributed by atoms with van der Waals surface area (Å²) < 4.78 is 5.54. The van der Waals surface area contributed by atoms with Crippen LogP contribution in [0, 0.1) is 0 Å². The number of rotatable bonds is 9.